The quantitative estimate of drug-likeness (QED) is 0.804. The van der Waals surface area contributed by atoms with Crippen molar-refractivity contribution in [2.45, 2.75) is 5.03 Å². The van der Waals surface area contributed by atoms with Crippen molar-refractivity contribution < 1.29 is 0 Å². The minimum atomic E-state index is 0.479. The lowest BCUT2D eigenvalue weighted by Crippen LogP contribution is -2.24. The van der Waals surface area contributed by atoms with Gasteiger partial charge >= 0.3 is 0 Å². The fourth-order valence-electron chi connectivity index (χ4n) is 2.61. The molecule has 2 aromatic rings. The van der Waals surface area contributed by atoms with Gasteiger partial charge < -0.3 is 0 Å². The number of benzene rings is 1. The van der Waals surface area contributed by atoms with Gasteiger partial charge in [0.1, 0.15) is 5.03 Å². The third-order valence-electron chi connectivity index (χ3n) is 3.60. The van der Waals surface area contributed by atoms with Gasteiger partial charge in [-0.05, 0) is 36.4 Å². The van der Waals surface area contributed by atoms with Crippen molar-refractivity contribution in [3.05, 3.63) is 53.2 Å². The molecule has 2 aliphatic heterocycles. The van der Waals surface area contributed by atoms with Gasteiger partial charge in [0.05, 0.1) is 17.9 Å². The first-order chi connectivity index (χ1) is 9.81. The summed E-state index contributed by atoms with van der Waals surface area (Å²) in [5, 5.41) is 8.72. The van der Waals surface area contributed by atoms with E-state index in [1.165, 1.54) is 11.3 Å². The molecule has 0 aliphatic carbocycles. The molecular formula is C15H12ClN3S. The Hall–Kier alpha value is -1.52. The molecule has 0 saturated heterocycles. The number of fused-ring (bicyclic) bond motifs is 3. The van der Waals surface area contributed by atoms with E-state index >= 15 is 0 Å². The Morgan fingerprint density at radius 1 is 1.20 bits per heavy atom. The van der Waals surface area contributed by atoms with E-state index in [1.54, 1.807) is 0 Å². The van der Waals surface area contributed by atoms with Gasteiger partial charge in [-0.1, -0.05) is 11.6 Å². The SMILES string of the molecule is Clc1ccc(N2CC3CSc4ncccc4C3=N2)cc1. The van der Waals surface area contributed by atoms with Crippen molar-refractivity contribution in [2.75, 3.05) is 17.3 Å². The normalized spacial score (nSPS) is 20.4. The highest BCUT2D eigenvalue weighted by molar-refractivity contribution is 7.99. The van der Waals surface area contributed by atoms with Crippen molar-refractivity contribution in [1.82, 2.24) is 4.98 Å². The van der Waals surface area contributed by atoms with Gasteiger partial charge in [0.25, 0.3) is 0 Å². The lowest BCUT2D eigenvalue weighted by Gasteiger charge is -2.20. The molecule has 1 atom stereocenters. The first kappa shape index (κ1) is 12.2. The molecule has 0 N–H and O–H groups in total. The summed E-state index contributed by atoms with van der Waals surface area (Å²) < 4.78 is 0. The highest BCUT2D eigenvalue weighted by Gasteiger charge is 2.33. The second-order valence-electron chi connectivity index (χ2n) is 4.91. The predicted molar refractivity (Wildman–Crippen MR) is 83.8 cm³/mol. The van der Waals surface area contributed by atoms with E-state index in [0.717, 1.165) is 28.0 Å². The summed E-state index contributed by atoms with van der Waals surface area (Å²) in [6, 6.07) is 11.9. The van der Waals surface area contributed by atoms with E-state index in [1.807, 2.05) is 48.3 Å². The van der Waals surface area contributed by atoms with Crippen molar-refractivity contribution in [3.8, 4) is 0 Å². The van der Waals surface area contributed by atoms with Crippen molar-refractivity contribution in [2.24, 2.45) is 11.0 Å². The van der Waals surface area contributed by atoms with Gasteiger partial charge in [-0.3, -0.25) is 5.01 Å². The van der Waals surface area contributed by atoms with Crippen LogP contribution in [0.25, 0.3) is 0 Å². The Morgan fingerprint density at radius 2 is 2.05 bits per heavy atom. The van der Waals surface area contributed by atoms with Crippen LogP contribution in [-0.2, 0) is 0 Å². The summed E-state index contributed by atoms with van der Waals surface area (Å²) in [5.41, 5.74) is 3.44. The molecule has 4 rings (SSSR count). The Labute approximate surface area is 126 Å². The molecule has 2 aliphatic rings. The molecule has 1 unspecified atom stereocenters. The summed E-state index contributed by atoms with van der Waals surface area (Å²) in [4.78, 5) is 4.44. The van der Waals surface area contributed by atoms with Gasteiger partial charge in [-0.25, -0.2) is 4.98 Å². The monoisotopic (exact) mass is 301 g/mol. The maximum atomic E-state index is 5.94. The standard InChI is InChI=1S/C15H12ClN3S/c16-11-3-5-12(6-4-11)19-8-10-9-20-15-13(14(10)18-19)2-1-7-17-15/h1-7,10H,8-9H2. The highest BCUT2D eigenvalue weighted by atomic mass is 35.5. The van der Waals surface area contributed by atoms with E-state index in [0.29, 0.717) is 5.92 Å². The molecule has 5 heteroatoms. The highest BCUT2D eigenvalue weighted by Crippen LogP contribution is 2.36. The molecule has 20 heavy (non-hydrogen) atoms. The Bertz CT molecular complexity index is 684. The number of hydrogen-bond donors (Lipinski definition) is 0. The van der Waals surface area contributed by atoms with Crippen molar-refractivity contribution in [3.63, 3.8) is 0 Å². The summed E-state index contributed by atoms with van der Waals surface area (Å²) in [6.45, 7) is 0.929. The number of nitrogens with zero attached hydrogens (tertiary/aromatic N) is 3. The zero-order valence-electron chi connectivity index (χ0n) is 10.7. The number of rotatable bonds is 1. The van der Waals surface area contributed by atoms with Crippen LogP contribution in [0.4, 0.5) is 5.69 Å². The second kappa shape index (κ2) is 4.79. The van der Waals surface area contributed by atoms with Crippen LogP contribution in [0.15, 0.2) is 52.7 Å². The fourth-order valence-corrected chi connectivity index (χ4v) is 3.82. The number of halogens is 1. The average molecular weight is 302 g/mol. The number of thioether (sulfide) groups is 1. The molecule has 100 valence electrons. The Balaban J connectivity index is 1.72. The van der Waals surface area contributed by atoms with Crippen LogP contribution in [0.3, 0.4) is 0 Å². The first-order valence-corrected chi connectivity index (χ1v) is 7.87. The number of aromatic nitrogens is 1. The van der Waals surface area contributed by atoms with Gasteiger partial charge in [-0.2, -0.15) is 5.10 Å². The van der Waals surface area contributed by atoms with E-state index in [9.17, 15) is 0 Å². The third-order valence-corrected chi connectivity index (χ3v) is 5.02. The van der Waals surface area contributed by atoms with Crippen molar-refractivity contribution >= 4 is 34.8 Å². The minimum absolute atomic E-state index is 0.479. The van der Waals surface area contributed by atoms with Crippen LogP contribution in [0.2, 0.25) is 5.02 Å². The lowest BCUT2D eigenvalue weighted by atomic mass is 10.00. The van der Waals surface area contributed by atoms with E-state index in [4.69, 9.17) is 16.7 Å². The van der Waals surface area contributed by atoms with Crippen LogP contribution >= 0.6 is 23.4 Å². The molecule has 0 amide bonds. The molecule has 1 aromatic carbocycles. The van der Waals surface area contributed by atoms with E-state index < -0.39 is 0 Å². The number of hydrazone groups is 1. The largest absolute Gasteiger partial charge is 0.265 e. The van der Waals surface area contributed by atoms with Crippen LogP contribution in [-0.4, -0.2) is 23.0 Å². The van der Waals surface area contributed by atoms with Gasteiger partial charge in [-0.15, -0.1) is 11.8 Å². The van der Waals surface area contributed by atoms with Crippen LogP contribution in [0.5, 0.6) is 0 Å². The second-order valence-corrected chi connectivity index (χ2v) is 6.35. The van der Waals surface area contributed by atoms with E-state index in [-0.39, 0.29) is 0 Å². The first-order valence-electron chi connectivity index (χ1n) is 6.51. The Morgan fingerprint density at radius 3 is 2.90 bits per heavy atom. The zero-order valence-corrected chi connectivity index (χ0v) is 12.2. The van der Waals surface area contributed by atoms with Crippen LogP contribution in [0, 0.1) is 5.92 Å². The topological polar surface area (TPSA) is 28.5 Å². The van der Waals surface area contributed by atoms with E-state index in [2.05, 4.69) is 16.1 Å². The molecule has 0 saturated carbocycles. The van der Waals surface area contributed by atoms with Crippen molar-refractivity contribution in [1.29, 1.82) is 0 Å². The van der Waals surface area contributed by atoms with Crippen LogP contribution in [0.1, 0.15) is 5.56 Å². The average Bonchev–Trinajstić information content (AvgIpc) is 2.92. The smallest absolute Gasteiger partial charge is 0.105 e. The molecule has 1 aromatic heterocycles. The zero-order chi connectivity index (χ0) is 13.5. The molecular weight excluding hydrogens is 290 g/mol. The molecule has 0 bridgehead atoms. The number of pyridine rings is 1. The van der Waals surface area contributed by atoms with Gasteiger partial charge in [0.2, 0.25) is 0 Å². The predicted octanol–water partition coefficient (Wildman–Crippen LogP) is 3.68. The molecule has 3 nitrogen and oxygen atoms in total. The summed E-state index contributed by atoms with van der Waals surface area (Å²) in [7, 11) is 0. The number of hydrogen-bond acceptors (Lipinski definition) is 4. The fraction of sp³-hybridized carbons (Fsp3) is 0.200. The summed E-state index contributed by atoms with van der Waals surface area (Å²) in [5.74, 6) is 1.53. The summed E-state index contributed by atoms with van der Waals surface area (Å²) in [6.07, 6.45) is 1.85. The third kappa shape index (κ3) is 2.00. The maximum absolute atomic E-state index is 5.94. The van der Waals surface area contributed by atoms with Gasteiger partial charge in [0, 0.05) is 28.5 Å². The maximum Gasteiger partial charge on any atom is 0.105 e. The molecule has 0 fully saturated rings. The lowest BCUT2D eigenvalue weighted by molar-refractivity contribution is 0.779. The Kier molecular flexibility index (Phi) is 2.93. The molecule has 3 heterocycles. The molecule has 0 spiro atoms. The van der Waals surface area contributed by atoms with Crippen LogP contribution < -0.4 is 5.01 Å². The molecule has 0 radical (unpaired) electrons. The number of anilines is 1. The van der Waals surface area contributed by atoms with Gasteiger partial charge in [0.15, 0.2) is 0 Å². The summed E-state index contributed by atoms with van der Waals surface area (Å²) >= 11 is 7.77. The minimum Gasteiger partial charge on any atom is -0.265 e.